The SMILES string of the molecule is O=C(COc1ccc(F)cc1)NCC12CCCC=C1NC(=O)CC2. The molecule has 1 atom stereocenters. The van der Waals surface area contributed by atoms with Crippen LogP contribution in [0.5, 0.6) is 5.75 Å². The summed E-state index contributed by atoms with van der Waals surface area (Å²) in [5.74, 6) is -0.0741. The molecular formula is C18H21FN2O3. The lowest BCUT2D eigenvalue weighted by Crippen LogP contribution is -2.49. The first-order valence-corrected chi connectivity index (χ1v) is 8.23. The van der Waals surface area contributed by atoms with Gasteiger partial charge < -0.3 is 15.4 Å². The molecule has 1 aliphatic heterocycles. The zero-order valence-corrected chi connectivity index (χ0v) is 13.4. The molecule has 128 valence electrons. The first kappa shape index (κ1) is 16.5. The average Bonchev–Trinajstić information content (AvgIpc) is 2.60. The van der Waals surface area contributed by atoms with Crippen molar-refractivity contribution >= 4 is 11.8 Å². The van der Waals surface area contributed by atoms with Crippen LogP contribution in [0.4, 0.5) is 4.39 Å². The summed E-state index contributed by atoms with van der Waals surface area (Å²) in [6.07, 6.45) is 6.28. The molecule has 1 fully saturated rings. The van der Waals surface area contributed by atoms with Crippen molar-refractivity contribution in [3.63, 3.8) is 0 Å². The summed E-state index contributed by atoms with van der Waals surface area (Å²) in [5.41, 5.74) is 0.780. The normalized spacial score (nSPS) is 22.9. The smallest absolute Gasteiger partial charge is 0.257 e. The van der Waals surface area contributed by atoms with E-state index in [0.29, 0.717) is 18.7 Å². The Morgan fingerprint density at radius 1 is 1.29 bits per heavy atom. The molecule has 5 nitrogen and oxygen atoms in total. The van der Waals surface area contributed by atoms with Gasteiger partial charge in [0.2, 0.25) is 5.91 Å². The highest BCUT2D eigenvalue weighted by atomic mass is 19.1. The molecule has 1 saturated heterocycles. The van der Waals surface area contributed by atoms with Crippen molar-refractivity contribution in [2.24, 2.45) is 5.41 Å². The predicted molar refractivity (Wildman–Crippen MR) is 86.6 cm³/mol. The van der Waals surface area contributed by atoms with Crippen LogP contribution in [0.1, 0.15) is 32.1 Å². The van der Waals surface area contributed by atoms with Gasteiger partial charge in [0.05, 0.1) is 0 Å². The summed E-state index contributed by atoms with van der Waals surface area (Å²) in [6, 6.07) is 5.55. The van der Waals surface area contributed by atoms with E-state index in [4.69, 9.17) is 4.74 Å². The minimum Gasteiger partial charge on any atom is -0.484 e. The van der Waals surface area contributed by atoms with Crippen molar-refractivity contribution in [1.82, 2.24) is 10.6 Å². The highest BCUT2D eigenvalue weighted by molar-refractivity contribution is 5.80. The van der Waals surface area contributed by atoms with Crippen LogP contribution >= 0.6 is 0 Å². The van der Waals surface area contributed by atoms with Crippen molar-refractivity contribution < 1.29 is 18.7 Å². The molecule has 1 aliphatic carbocycles. The molecule has 1 heterocycles. The van der Waals surface area contributed by atoms with Gasteiger partial charge in [0.1, 0.15) is 11.6 Å². The first-order valence-electron chi connectivity index (χ1n) is 8.23. The van der Waals surface area contributed by atoms with Crippen molar-refractivity contribution in [1.29, 1.82) is 0 Å². The molecule has 24 heavy (non-hydrogen) atoms. The lowest BCUT2D eigenvalue weighted by molar-refractivity contribution is -0.124. The second kappa shape index (κ2) is 7.03. The van der Waals surface area contributed by atoms with Gasteiger partial charge in [-0.3, -0.25) is 9.59 Å². The third-order valence-corrected chi connectivity index (χ3v) is 4.69. The number of hydrogen-bond acceptors (Lipinski definition) is 3. The number of piperidine rings is 1. The molecule has 0 saturated carbocycles. The zero-order valence-electron chi connectivity index (χ0n) is 13.4. The fraction of sp³-hybridized carbons (Fsp3) is 0.444. The van der Waals surface area contributed by atoms with Crippen molar-refractivity contribution in [2.75, 3.05) is 13.2 Å². The van der Waals surface area contributed by atoms with Gasteiger partial charge in [-0.2, -0.15) is 0 Å². The second-order valence-corrected chi connectivity index (χ2v) is 6.36. The average molecular weight is 332 g/mol. The van der Waals surface area contributed by atoms with E-state index in [-0.39, 0.29) is 29.7 Å². The topological polar surface area (TPSA) is 67.4 Å². The van der Waals surface area contributed by atoms with E-state index >= 15 is 0 Å². The number of rotatable bonds is 5. The molecule has 1 aromatic carbocycles. The fourth-order valence-corrected chi connectivity index (χ4v) is 3.32. The van der Waals surface area contributed by atoms with Gasteiger partial charge in [0, 0.05) is 24.1 Å². The van der Waals surface area contributed by atoms with E-state index < -0.39 is 0 Å². The Balaban J connectivity index is 1.53. The zero-order chi connectivity index (χ0) is 17.0. The maximum atomic E-state index is 12.8. The van der Waals surface area contributed by atoms with Gasteiger partial charge in [-0.1, -0.05) is 6.08 Å². The Morgan fingerprint density at radius 2 is 2.08 bits per heavy atom. The van der Waals surface area contributed by atoms with Crippen LogP contribution in [0.3, 0.4) is 0 Å². The first-order chi connectivity index (χ1) is 11.6. The van der Waals surface area contributed by atoms with Gasteiger partial charge in [-0.05, 0) is 49.9 Å². The maximum absolute atomic E-state index is 12.8. The van der Waals surface area contributed by atoms with Crippen LogP contribution in [-0.4, -0.2) is 25.0 Å². The molecule has 3 rings (SSSR count). The molecule has 0 aromatic heterocycles. The monoisotopic (exact) mass is 332 g/mol. The Bertz CT molecular complexity index is 657. The molecule has 1 aromatic rings. The standard InChI is InChI=1S/C18H21FN2O3/c19-13-4-6-14(7-5-13)24-11-17(23)20-12-18-9-2-1-3-15(18)21-16(22)8-10-18/h3-7H,1-2,8-12H2,(H,20,23)(H,21,22). The van der Waals surface area contributed by atoms with Crippen LogP contribution in [0, 0.1) is 11.2 Å². The van der Waals surface area contributed by atoms with E-state index in [1.54, 1.807) is 0 Å². The van der Waals surface area contributed by atoms with E-state index in [0.717, 1.165) is 31.4 Å². The molecule has 1 unspecified atom stereocenters. The molecule has 0 radical (unpaired) electrons. The highest BCUT2D eigenvalue weighted by Gasteiger charge is 2.40. The highest BCUT2D eigenvalue weighted by Crippen LogP contribution is 2.42. The molecule has 2 amide bonds. The summed E-state index contributed by atoms with van der Waals surface area (Å²) >= 11 is 0. The molecule has 2 aliphatic rings. The van der Waals surface area contributed by atoms with E-state index in [9.17, 15) is 14.0 Å². The van der Waals surface area contributed by atoms with Crippen LogP contribution < -0.4 is 15.4 Å². The summed E-state index contributed by atoms with van der Waals surface area (Å²) in [7, 11) is 0. The van der Waals surface area contributed by atoms with E-state index in [1.807, 2.05) is 0 Å². The van der Waals surface area contributed by atoms with E-state index in [2.05, 4.69) is 16.7 Å². The molecule has 2 N–H and O–H groups in total. The van der Waals surface area contributed by atoms with Gasteiger partial charge in [-0.25, -0.2) is 4.39 Å². The Hall–Kier alpha value is -2.37. The number of ether oxygens (including phenoxy) is 1. The van der Waals surface area contributed by atoms with Gasteiger partial charge >= 0.3 is 0 Å². The van der Waals surface area contributed by atoms with Crippen molar-refractivity contribution in [3.8, 4) is 5.75 Å². The number of halogens is 1. The summed E-state index contributed by atoms with van der Waals surface area (Å²) in [4.78, 5) is 23.6. The lowest BCUT2D eigenvalue weighted by Gasteiger charge is -2.42. The number of benzene rings is 1. The summed E-state index contributed by atoms with van der Waals surface area (Å²) in [5, 5.41) is 5.86. The van der Waals surface area contributed by atoms with Crippen molar-refractivity contribution in [2.45, 2.75) is 32.1 Å². The van der Waals surface area contributed by atoms with Gasteiger partial charge in [0.25, 0.3) is 5.91 Å². The Labute approximate surface area is 140 Å². The Morgan fingerprint density at radius 3 is 2.88 bits per heavy atom. The number of nitrogens with one attached hydrogen (secondary N) is 2. The third-order valence-electron chi connectivity index (χ3n) is 4.69. The fourth-order valence-electron chi connectivity index (χ4n) is 3.32. The number of amides is 2. The Kier molecular flexibility index (Phi) is 4.83. The number of fused-ring (bicyclic) bond motifs is 1. The predicted octanol–water partition coefficient (Wildman–Crippen LogP) is 2.28. The van der Waals surface area contributed by atoms with E-state index in [1.165, 1.54) is 24.3 Å². The van der Waals surface area contributed by atoms with Crippen LogP contribution in [0.2, 0.25) is 0 Å². The summed E-state index contributed by atoms with van der Waals surface area (Å²) in [6.45, 7) is 0.373. The molecule has 0 bridgehead atoms. The third kappa shape index (κ3) is 3.75. The quantitative estimate of drug-likeness (QED) is 0.869. The van der Waals surface area contributed by atoms with Crippen LogP contribution in [0.25, 0.3) is 0 Å². The molecule has 0 spiro atoms. The maximum Gasteiger partial charge on any atom is 0.257 e. The minimum absolute atomic E-state index is 0.0461. The minimum atomic E-state index is -0.345. The van der Waals surface area contributed by atoms with Crippen molar-refractivity contribution in [3.05, 3.63) is 41.9 Å². The number of allylic oxidation sites excluding steroid dienone is 1. The molecule has 6 heteroatoms. The number of carbonyl (C=O) groups excluding carboxylic acids is 2. The number of carbonyl (C=O) groups is 2. The van der Waals surface area contributed by atoms with Crippen LogP contribution in [-0.2, 0) is 9.59 Å². The van der Waals surface area contributed by atoms with Crippen LogP contribution in [0.15, 0.2) is 36.0 Å². The lowest BCUT2D eigenvalue weighted by atomic mass is 9.70. The van der Waals surface area contributed by atoms with Gasteiger partial charge in [-0.15, -0.1) is 0 Å². The van der Waals surface area contributed by atoms with Gasteiger partial charge in [0.15, 0.2) is 6.61 Å². The second-order valence-electron chi connectivity index (χ2n) is 6.36. The summed E-state index contributed by atoms with van der Waals surface area (Å²) < 4.78 is 18.2. The number of hydrogen-bond donors (Lipinski definition) is 2. The molecular weight excluding hydrogens is 311 g/mol. The largest absolute Gasteiger partial charge is 0.484 e.